The first-order valence-electron chi connectivity index (χ1n) is 3.88. The van der Waals surface area contributed by atoms with Gasteiger partial charge in [-0.25, -0.2) is 13.1 Å². The van der Waals surface area contributed by atoms with E-state index in [1.165, 1.54) is 0 Å². The molecule has 12 heavy (non-hydrogen) atoms. The van der Waals surface area contributed by atoms with Crippen molar-refractivity contribution in [2.24, 2.45) is 5.92 Å². The van der Waals surface area contributed by atoms with Gasteiger partial charge >= 0.3 is 0 Å². The summed E-state index contributed by atoms with van der Waals surface area (Å²) in [6, 6.07) is 1.95. The molecule has 1 unspecified atom stereocenters. The summed E-state index contributed by atoms with van der Waals surface area (Å²) in [6.45, 7) is 3.68. The third kappa shape index (κ3) is 5.10. The maximum Gasteiger partial charge on any atom is 0.211 e. The largest absolute Gasteiger partial charge is 0.214 e. The summed E-state index contributed by atoms with van der Waals surface area (Å²) in [7, 11) is -3.14. The highest BCUT2D eigenvalue weighted by molar-refractivity contribution is 7.89. The molecule has 0 aliphatic rings. The van der Waals surface area contributed by atoms with Crippen molar-refractivity contribution >= 4 is 10.0 Å². The van der Waals surface area contributed by atoms with Gasteiger partial charge in [-0.2, -0.15) is 5.26 Å². The SMILES string of the molecule is CCCS(=O)(=O)NCC(C)C#N. The van der Waals surface area contributed by atoms with E-state index < -0.39 is 10.0 Å². The van der Waals surface area contributed by atoms with Gasteiger partial charge in [0.1, 0.15) is 0 Å². The van der Waals surface area contributed by atoms with Crippen LogP contribution in [0.15, 0.2) is 0 Å². The second-order valence-corrected chi connectivity index (χ2v) is 4.62. The molecule has 1 N–H and O–H groups in total. The van der Waals surface area contributed by atoms with Crippen molar-refractivity contribution < 1.29 is 8.42 Å². The lowest BCUT2D eigenvalue weighted by atomic mass is 10.2. The molecule has 0 fully saturated rings. The first-order chi connectivity index (χ1) is 5.52. The van der Waals surface area contributed by atoms with Crippen molar-refractivity contribution in [2.75, 3.05) is 12.3 Å². The maximum absolute atomic E-state index is 11.0. The summed E-state index contributed by atoms with van der Waals surface area (Å²) < 4.78 is 24.4. The highest BCUT2D eigenvalue weighted by Gasteiger charge is 2.09. The van der Waals surface area contributed by atoms with Crippen LogP contribution in [0, 0.1) is 17.2 Å². The van der Waals surface area contributed by atoms with Gasteiger partial charge in [0.05, 0.1) is 17.7 Å². The van der Waals surface area contributed by atoms with Gasteiger partial charge in [-0.15, -0.1) is 0 Å². The molecule has 0 bridgehead atoms. The van der Waals surface area contributed by atoms with Crippen LogP contribution >= 0.6 is 0 Å². The van der Waals surface area contributed by atoms with E-state index in [0.717, 1.165) is 0 Å². The van der Waals surface area contributed by atoms with Gasteiger partial charge in [0, 0.05) is 6.54 Å². The molecule has 0 aromatic heterocycles. The smallest absolute Gasteiger partial charge is 0.211 e. The fraction of sp³-hybridized carbons (Fsp3) is 0.857. The maximum atomic E-state index is 11.0. The number of rotatable bonds is 5. The normalized spacial score (nSPS) is 13.8. The summed E-state index contributed by atoms with van der Waals surface area (Å²) >= 11 is 0. The Kier molecular flexibility index (Phi) is 4.86. The zero-order chi connectivity index (χ0) is 9.61. The molecule has 0 rings (SSSR count). The summed E-state index contributed by atoms with van der Waals surface area (Å²) in [5, 5.41) is 8.38. The van der Waals surface area contributed by atoms with Crippen molar-refractivity contribution in [1.82, 2.24) is 4.72 Å². The molecule has 1 atom stereocenters. The van der Waals surface area contributed by atoms with Crippen molar-refractivity contribution in [3.8, 4) is 6.07 Å². The van der Waals surface area contributed by atoms with E-state index in [1.807, 2.05) is 6.07 Å². The molecule has 0 radical (unpaired) electrons. The quantitative estimate of drug-likeness (QED) is 0.685. The molecular formula is C7H14N2O2S. The number of nitrogens with one attached hydrogen (secondary N) is 1. The average Bonchev–Trinajstić information content (AvgIpc) is 2.00. The number of nitrogens with zero attached hydrogens (tertiary/aromatic N) is 1. The zero-order valence-corrected chi connectivity index (χ0v) is 8.19. The highest BCUT2D eigenvalue weighted by atomic mass is 32.2. The minimum Gasteiger partial charge on any atom is -0.214 e. The average molecular weight is 190 g/mol. The Morgan fingerprint density at radius 3 is 2.58 bits per heavy atom. The first kappa shape index (κ1) is 11.4. The monoisotopic (exact) mass is 190 g/mol. The van der Waals surface area contributed by atoms with Crippen LogP contribution in [0.5, 0.6) is 0 Å². The third-order valence-electron chi connectivity index (χ3n) is 1.30. The Balaban J connectivity index is 3.86. The minimum atomic E-state index is -3.14. The lowest BCUT2D eigenvalue weighted by Gasteiger charge is -2.05. The van der Waals surface area contributed by atoms with Gasteiger partial charge in [0.15, 0.2) is 0 Å². The van der Waals surface area contributed by atoms with Gasteiger partial charge in [-0.1, -0.05) is 6.92 Å². The first-order valence-corrected chi connectivity index (χ1v) is 5.54. The molecule has 0 aliphatic heterocycles. The number of sulfonamides is 1. The van der Waals surface area contributed by atoms with Crippen LogP contribution in [0.1, 0.15) is 20.3 Å². The standard InChI is InChI=1S/C7H14N2O2S/c1-3-4-12(10,11)9-6-7(2)5-8/h7,9H,3-4,6H2,1-2H3. The molecule has 0 amide bonds. The lowest BCUT2D eigenvalue weighted by molar-refractivity contribution is 0.571. The van der Waals surface area contributed by atoms with Crippen LogP contribution in [0.2, 0.25) is 0 Å². The van der Waals surface area contributed by atoms with E-state index in [2.05, 4.69) is 4.72 Å². The second-order valence-electron chi connectivity index (χ2n) is 2.70. The van der Waals surface area contributed by atoms with Crippen LogP contribution in [-0.2, 0) is 10.0 Å². The van der Waals surface area contributed by atoms with Gasteiger partial charge in [0.25, 0.3) is 0 Å². The topological polar surface area (TPSA) is 70.0 Å². The molecule has 0 saturated carbocycles. The van der Waals surface area contributed by atoms with Crippen molar-refractivity contribution in [3.63, 3.8) is 0 Å². The molecule has 0 heterocycles. The van der Waals surface area contributed by atoms with Crippen LogP contribution in [0.25, 0.3) is 0 Å². The van der Waals surface area contributed by atoms with E-state index in [9.17, 15) is 8.42 Å². The molecule has 0 aromatic carbocycles. The molecule has 0 aliphatic carbocycles. The van der Waals surface area contributed by atoms with Gasteiger partial charge in [0.2, 0.25) is 10.0 Å². The summed E-state index contributed by atoms with van der Waals surface area (Å²) in [4.78, 5) is 0. The molecule has 4 nitrogen and oxygen atoms in total. The number of hydrogen-bond acceptors (Lipinski definition) is 3. The van der Waals surface area contributed by atoms with Gasteiger partial charge in [-0.05, 0) is 13.3 Å². The Morgan fingerprint density at radius 2 is 2.17 bits per heavy atom. The molecular weight excluding hydrogens is 176 g/mol. The van der Waals surface area contributed by atoms with Crippen LogP contribution < -0.4 is 4.72 Å². The van der Waals surface area contributed by atoms with Crippen LogP contribution in [0.3, 0.4) is 0 Å². The predicted octanol–water partition coefficient (Wildman–Crippen LogP) is 0.475. The number of nitriles is 1. The third-order valence-corrected chi connectivity index (χ3v) is 2.85. The Hall–Kier alpha value is -0.600. The molecule has 0 spiro atoms. The Morgan fingerprint density at radius 1 is 1.58 bits per heavy atom. The van der Waals surface area contributed by atoms with E-state index in [0.29, 0.717) is 6.42 Å². The molecule has 5 heteroatoms. The van der Waals surface area contributed by atoms with E-state index in [4.69, 9.17) is 5.26 Å². The van der Waals surface area contributed by atoms with Crippen molar-refractivity contribution in [2.45, 2.75) is 20.3 Å². The van der Waals surface area contributed by atoms with Crippen molar-refractivity contribution in [1.29, 1.82) is 5.26 Å². The fourth-order valence-corrected chi connectivity index (χ4v) is 1.82. The fourth-order valence-electron chi connectivity index (χ4n) is 0.639. The molecule has 0 saturated heterocycles. The Bertz CT molecular complexity index is 253. The lowest BCUT2D eigenvalue weighted by Crippen LogP contribution is -2.29. The summed E-state index contributed by atoms with van der Waals surface area (Å²) in [5.74, 6) is -0.137. The summed E-state index contributed by atoms with van der Waals surface area (Å²) in [5.41, 5.74) is 0. The Labute approximate surface area is 73.6 Å². The van der Waals surface area contributed by atoms with E-state index >= 15 is 0 Å². The minimum absolute atomic E-state index is 0.130. The van der Waals surface area contributed by atoms with Gasteiger partial charge < -0.3 is 0 Å². The highest BCUT2D eigenvalue weighted by Crippen LogP contribution is 1.92. The molecule has 0 aromatic rings. The second kappa shape index (κ2) is 5.12. The summed E-state index contributed by atoms with van der Waals surface area (Å²) in [6.07, 6.45) is 0.594. The number of hydrogen-bond donors (Lipinski definition) is 1. The van der Waals surface area contributed by atoms with E-state index in [-0.39, 0.29) is 18.2 Å². The zero-order valence-electron chi connectivity index (χ0n) is 7.37. The van der Waals surface area contributed by atoms with Gasteiger partial charge in [-0.3, -0.25) is 0 Å². The van der Waals surface area contributed by atoms with Crippen molar-refractivity contribution in [3.05, 3.63) is 0 Å². The van der Waals surface area contributed by atoms with Crippen LogP contribution in [0.4, 0.5) is 0 Å². The van der Waals surface area contributed by atoms with E-state index in [1.54, 1.807) is 13.8 Å². The molecule has 70 valence electrons. The van der Waals surface area contributed by atoms with Crippen LogP contribution in [-0.4, -0.2) is 20.7 Å². The predicted molar refractivity (Wildman–Crippen MR) is 46.9 cm³/mol.